The first-order chi connectivity index (χ1) is 8.19. The van der Waals surface area contributed by atoms with Crippen LogP contribution in [0.25, 0.3) is 0 Å². The van der Waals surface area contributed by atoms with Crippen molar-refractivity contribution < 1.29 is 9.84 Å². The summed E-state index contributed by atoms with van der Waals surface area (Å²) in [5.74, 6) is 0.583. The van der Waals surface area contributed by atoms with Gasteiger partial charge in [0.1, 0.15) is 5.75 Å². The number of para-hydroxylation sites is 1. The number of hydrogen-bond donors (Lipinski definition) is 1. The van der Waals surface area contributed by atoms with Crippen molar-refractivity contribution in [1.82, 2.24) is 9.97 Å². The molecule has 17 heavy (non-hydrogen) atoms. The maximum absolute atomic E-state index is 9.18. The normalized spacial score (nSPS) is 10.3. The molecule has 0 radical (unpaired) electrons. The van der Waals surface area contributed by atoms with E-state index in [-0.39, 0.29) is 6.61 Å². The van der Waals surface area contributed by atoms with Crippen molar-refractivity contribution in [3.8, 4) is 11.8 Å². The number of aliphatic hydroxyl groups is 1. The van der Waals surface area contributed by atoms with Crippen LogP contribution in [0.5, 0.6) is 11.8 Å². The van der Waals surface area contributed by atoms with Crippen LogP contribution in [-0.4, -0.2) is 15.1 Å². The van der Waals surface area contributed by atoms with Gasteiger partial charge in [0.25, 0.3) is 0 Å². The molecule has 0 aliphatic carbocycles. The van der Waals surface area contributed by atoms with Crippen LogP contribution < -0.4 is 4.74 Å². The first-order valence-corrected chi connectivity index (χ1v) is 5.38. The fourth-order valence-electron chi connectivity index (χ4n) is 1.57. The summed E-state index contributed by atoms with van der Waals surface area (Å²) in [4.78, 5) is 8.38. The molecule has 4 nitrogen and oxygen atoms in total. The number of aliphatic hydroxyl groups excluding tert-OH is 1. The van der Waals surface area contributed by atoms with Crippen LogP contribution in [0, 0.1) is 13.8 Å². The average Bonchev–Trinajstić information content (AvgIpc) is 2.28. The Kier molecular flexibility index (Phi) is 3.35. The highest BCUT2D eigenvalue weighted by Gasteiger charge is 2.06. The van der Waals surface area contributed by atoms with Crippen LogP contribution in [-0.2, 0) is 6.61 Å². The third-order valence-corrected chi connectivity index (χ3v) is 2.31. The van der Waals surface area contributed by atoms with Crippen LogP contribution >= 0.6 is 0 Å². The predicted molar refractivity (Wildman–Crippen MR) is 63.9 cm³/mol. The minimum atomic E-state index is -0.0685. The number of hydrogen-bond acceptors (Lipinski definition) is 4. The molecule has 0 saturated carbocycles. The maximum atomic E-state index is 9.18. The molecule has 0 atom stereocenters. The highest BCUT2D eigenvalue weighted by atomic mass is 16.5. The minimum absolute atomic E-state index is 0.0685. The molecule has 1 aromatic carbocycles. The van der Waals surface area contributed by atoms with E-state index >= 15 is 0 Å². The van der Waals surface area contributed by atoms with Crippen molar-refractivity contribution in [3.05, 3.63) is 47.3 Å². The molecule has 0 aliphatic rings. The number of nitrogens with zero attached hydrogens (tertiary/aromatic N) is 2. The Hall–Kier alpha value is -1.94. The Balaban J connectivity index is 2.31. The van der Waals surface area contributed by atoms with Crippen molar-refractivity contribution in [2.45, 2.75) is 20.5 Å². The number of rotatable bonds is 3. The topological polar surface area (TPSA) is 55.2 Å². The van der Waals surface area contributed by atoms with E-state index in [1.165, 1.54) is 0 Å². The summed E-state index contributed by atoms with van der Waals surface area (Å²) in [6.07, 6.45) is 0. The lowest BCUT2D eigenvalue weighted by Crippen LogP contribution is -1.98. The van der Waals surface area contributed by atoms with Crippen LogP contribution in [0.2, 0.25) is 0 Å². The number of benzene rings is 1. The Morgan fingerprint density at radius 3 is 2.41 bits per heavy atom. The van der Waals surface area contributed by atoms with E-state index in [0.717, 1.165) is 17.0 Å². The lowest BCUT2D eigenvalue weighted by Gasteiger charge is -2.08. The average molecular weight is 230 g/mol. The van der Waals surface area contributed by atoms with Crippen LogP contribution in [0.1, 0.15) is 17.0 Å². The zero-order valence-electron chi connectivity index (χ0n) is 9.84. The van der Waals surface area contributed by atoms with Crippen molar-refractivity contribution in [2.75, 3.05) is 0 Å². The van der Waals surface area contributed by atoms with Gasteiger partial charge in [0.15, 0.2) is 0 Å². The number of aromatic nitrogens is 2. The lowest BCUT2D eigenvalue weighted by atomic mass is 10.2. The van der Waals surface area contributed by atoms with Gasteiger partial charge in [-0.2, -0.15) is 0 Å². The molecule has 0 amide bonds. The second kappa shape index (κ2) is 4.93. The van der Waals surface area contributed by atoms with E-state index in [9.17, 15) is 5.11 Å². The first kappa shape index (κ1) is 11.5. The molecule has 2 rings (SSSR count). The SMILES string of the molecule is Cc1cc(C)nc(Oc2ccccc2CO)n1. The van der Waals surface area contributed by atoms with E-state index in [0.29, 0.717) is 11.8 Å². The molecule has 0 fully saturated rings. The molecule has 0 aliphatic heterocycles. The van der Waals surface area contributed by atoms with Gasteiger partial charge >= 0.3 is 6.01 Å². The van der Waals surface area contributed by atoms with Gasteiger partial charge in [-0.3, -0.25) is 0 Å². The zero-order chi connectivity index (χ0) is 12.3. The van der Waals surface area contributed by atoms with E-state index in [2.05, 4.69) is 9.97 Å². The standard InChI is InChI=1S/C13H14N2O2/c1-9-7-10(2)15-13(14-9)17-12-6-4-3-5-11(12)8-16/h3-7,16H,8H2,1-2H3. The van der Waals surface area contributed by atoms with Gasteiger partial charge in [-0.05, 0) is 26.0 Å². The molecule has 1 heterocycles. The quantitative estimate of drug-likeness (QED) is 0.879. The summed E-state index contributed by atoms with van der Waals surface area (Å²) >= 11 is 0. The summed E-state index contributed by atoms with van der Waals surface area (Å²) in [6.45, 7) is 3.71. The summed E-state index contributed by atoms with van der Waals surface area (Å²) in [5, 5.41) is 9.18. The fraction of sp³-hybridized carbons (Fsp3) is 0.231. The summed E-state index contributed by atoms with van der Waals surface area (Å²) < 4.78 is 5.58. The van der Waals surface area contributed by atoms with Gasteiger partial charge < -0.3 is 9.84 Å². The third-order valence-electron chi connectivity index (χ3n) is 2.31. The Morgan fingerprint density at radius 2 is 1.76 bits per heavy atom. The Morgan fingerprint density at radius 1 is 1.12 bits per heavy atom. The van der Waals surface area contributed by atoms with Crippen molar-refractivity contribution in [2.24, 2.45) is 0 Å². The van der Waals surface area contributed by atoms with Crippen molar-refractivity contribution >= 4 is 0 Å². The van der Waals surface area contributed by atoms with E-state index < -0.39 is 0 Å². The summed E-state index contributed by atoms with van der Waals surface area (Å²) in [7, 11) is 0. The van der Waals surface area contributed by atoms with E-state index in [1.54, 1.807) is 12.1 Å². The molecule has 2 aromatic rings. The molecule has 0 saturated heterocycles. The molecular weight excluding hydrogens is 216 g/mol. The Bertz CT molecular complexity index is 506. The van der Waals surface area contributed by atoms with Gasteiger partial charge in [0, 0.05) is 17.0 Å². The summed E-state index contributed by atoms with van der Waals surface area (Å²) in [6, 6.07) is 9.47. The Labute approximate surface area is 99.9 Å². The monoisotopic (exact) mass is 230 g/mol. The smallest absolute Gasteiger partial charge is 0.322 e. The molecule has 1 N–H and O–H groups in total. The molecule has 4 heteroatoms. The van der Waals surface area contributed by atoms with Crippen LogP contribution in [0.15, 0.2) is 30.3 Å². The third kappa shape index (κ3) is 2.79. The van der Waals surface area contributed by atoms with E-state index in [4.69, 9.17) is 4.74 Å². The van der Waals surface area contributed by atoms with Crippen LogP contribution in [0.4, 0.5) is 0 Å². The highest BCUT2D eigenvalue weighted by molar-refractivity contribution is 5.34. The van der Waals surface area contributed by atoms with Gasteiger partial charge in [-0.1, -0.05) is 18.2 Å². The molecule has 1 aromatic heterocycles. The van der Waals surface area contributed by atoms with Gasteiger partial charge in [-0.15, -0.1) is 0 Å². The fourth-order valence-corrected chi connectivity index (χ4v) is 1.57. The highest BCUT2D eigenvalue weighted by Crippen LogP contribution is 2.22. The molecule has 0 unspecified atom stereocenters. The van der Waals surface area contributed by atoms with Crippen LogP contribution in [0.3, 0.4) is 0 Å². The number of aryl methyl sites for hydroxylation is 2. The zero-order valence-corrected chi connectivity index (χ0v) is 9.84. The molecule has 88 valence electrons. The lowest BCUT2D eigenvalue weighted by molar-refractivity contribution is 0.275. The minimum Gasteiger partial charge on any atom is -0.424 e. The number of ether oxygens (including phenoxy) is 1. The predicted octanol–water partition coefficient (Wildman–Crippen LogP) is 2.38. The second-order valence-electron chi connectivity index (χ2n) is 3.80. The summed E-state index contributed by atoms with van der Waals surface area (Å²) in [5.41, 5.74) is 2.43. The molecule has 0 spiro atoms. The van der Waals surface area contributed by atoms with Crippen molar-refractivity contribution in [3.63, 3.8) is 0 Å². The van der Waals surface area contributed by atoms with Gasteiger partial charge in [0.2, 0.25) is 0 Å². The molecule has 0 bridgehead atoms. The second-order valence-corrected chi connectivity index (χ2v) is 3.80. The van der Waals surface area contributed by atoms with E-state index in [1.807, 2.05) is 32.0 Å². The maximum Gasteiger partial charge on any atom is 0.322 e. The van der Waals surface area contributed by atoms with Crippen molar-refractivity contribution in [1.29, 1.82) is 0 Å². The first-order valence-electron chi connectivity index (χ1n) is 5.38. The van der Waals surface area contributed by atoms with Gasteiger partial charge in [0.05, 0.1) is 6.61 Å². The van der Waals surface area contributed by atoms with Gasteiger partial charge in [-0.25, -0.2) is 9.97 Å². The largest absolute Gasteiger partial charge is 0.424 e. The molecular formula is C13H14N2O2.